The second kappa shape index (κ2) is 7.15. The minimum absolute atomic E-state index is 0.481. The van der Waals surface area contributed by atoms with Gasteiger partial charge in [0.1, 0.15) is 5.82 Å². The van der Waals surface area contributed by atoms with Crippen molar-refractivity contribution in [1.29, 1.82) is 0 Å². The zero-order chi connectivity index (χ0) is 18.1. The van der Waals surface area contributed by atoms with Crippen LogP contribution >= 0.6 is 0 Å². The van der Waals surface area contributed by atoms with Crippen molar-refractivity contribution in [3.63, 3.8) is 0 Å². The molecule has 7 heteroatoms. The van der Waals surface area contributed by atoms with E-state index in [9.17, 15) is 0 Å². The Labute approximate surface area is 154 Å². The van der Waals surface area contributed by atoms with Gasteiger partial charge in [-0.2, -0.15) is 4.98 Å². The Hall–Kier alpha value is -2.28. The smallest absolute Gasteiger partial charge is 0.227 e. The minimum Gasteiger partial charge on any atom is -0.493 e. The summed E-state index contributed by atoms with van der Waals surface area (Å²) in [5.74, 6) is 3.16. The van der Waals surface area contributed by atoms with Crippen molar-refractivity contribution in [2.45, 2.75) is 19.3 Å². The Morgan fingerprint density at radius 1 is 1.08 bits per heavy atom. The highest BCUT2D eigenvalue weighted by atomic mass is 16.5. The number of ether oxygens (including phenoxy) is 2. The number of nitrogens with two attached hydrogens (primary N) is 1. The van der Waals surface area contributed by atoms with Crippen LogP contribution in [0.5, 0.6) is 11.5 Å². The first-order valence-electron chi connectivity index (χ1n) is 9.34. The number of fused-ring (bicyclic) bond motifs is 1. The summed E-state index contributed by atoms with van der Waals surface area (Å²) in [6.07, 6.45) is 3.86. The molecule has 2 saturated heterocycles. The van der Waals surface area contributed by atoms with Gasteiger partial charge in [0.15, 0.2) is 11.5 Å². The van der Waals surface area contributed by atoms with Crippen LogP contribution in [0.2, 0.25) is 0 Å². The predicted molar refractivity (Wildman–Crippen MR) is 103 cm³/mol. The van der Waals surface area contributed by atoms with Crippen molar-refractivity contribution in [2.75, 3.05) is 57.6 Å². The van der Waals surface area contributed by atoms with Crippen LogP contribution in [0.15, 0.2) is 12.1 Å². The lowest BCUT2D eigenvalue weighted by atomic mass is 10.1. The second-order valence-corrected chi connectivity index (χ2v) is 7.24. The zero-order valence-electron chi connectivity index (χ0n) is 15.6. The van der Waals surface area contributed by atoms with Gasteiger partial charge in [0.2, 0.25) is 5.95 Å². The maximum absolute atomic E-state index is 6.22. The molecule has 0 aliphatic carbocycles. The van der Waals surface area contributed by atoms with Crippen LogP contribution in [0, 0.1) is 5.92 Å². The van der Waals surface area contributed by atoms with E-state index in [-0.39, 0.29) is 0 Å². The summed E-state index contributed by atoms with van der Waals surface area (Å²) in [6.45, 7) is 5.66. The van der Waals surface area contributed by atoms with Gasteiger partial charge in [-0.15, -0.1) is 0 Å². The first kappa shape index (κ1) is 17.1. The molecule has 3 heterocycles. The third kappa shape index (κ3) is 3.23. The first-order valence-corrected chi connectivity index (χ1v) is 9.34. The highest BCUT2D eigenvalue weighted by Crippen LogP contribution is 2.34. The fourth-order valence-corrected chi connectivity index (χ4v) is 4.10. The molecular formula is C19H27N5O2. The van der Waals surface area contributed by atoms with Crippen LogP contribution in [0.3, 0.4) is 0 Å². The van der Waals surface area contributed by atoms with Crippen LogP contribution in [0.1, 0.15) is 19.3 Å². The number of likely N-dealkylation sites (tertiary alicyclic amines) is 1. The summed E-state index contributed by atoms with van der Waals surface area (Å²) in [4.78, 5) is 14.2. The Morgan fingerprint density at radius 2 is 1.81 bits per heavy atom. The Kier molecular flexibility index (Phi) is 4.72. The Balaban J connectivity index is 1.56. The van der Waals surface area contributed by atoms with Gasteiger partial charge in [-0.05, 0) is 44.3 Å². The maximum Gasteiger partial charge on any atom is 0.227 e. The third-order valence-electron chi connectivity index (χ3n) is 5.50. The van der Waals surface area contributed by atoms with Crippen LogP contribution < -0.4 is 20.1 Å². The molecule has 0 spiro atoms. The molecule has 1 atom stereocenters. The van der Waals surface area contributed by atoms with E-state index < -0.39 is 0 Å². The summed E-state index contributed by atoms with van der Waals surface area (Å²) >= 11 is 0. The van der Waals surface area contributed by atoms with Crippen molar-refractivity contribution in [3.05, 3.63) is 12.1 Å². The molecule has 1 aromatic carbocycles. The lowest BCUT2D eigenvalue weighted by Crippen LogP contribution is -2.29. The van der Waals surface area contributed by atoms with E-state index in [0.29, 0.717) is 29.2 Å². The number of hydrogen-bond acceptors (Lipinski definition) is 7. The van der Waals surface area contributed by atoms with E-state index >= 15 is 0 Å². The van der Waals surface area contributed by atoms with Crippen molar-refractivity contribution < 1.29 is 9.47 Å². The van der Waals surface area contributed by atoms with E-state index in [2.05, 4.69) is 14.8 Å². The molecule has 140 valence electrons. The Bertz CT molecular complexity index is 791. The molecule has 2 aliphatic heterocycles. The van der Waals surface area contributed by atoms with Crippen LogP contribution in [0.25, 0.3) is 10.9 Å². The topological polar surface area (TPSA) is 76.7 Å². The van der Waals surface area contributed by atoms with Crippen LogP contribution in [-0.2, 0) is 0 Å². The fraction of sp³-hybridized carbons (Fsp3) is 0.579. The number of aromatic nitrogens is 2. The maximum atomic E-state index is 6.22. The van der Waals surface area contributed by atoms with E-state index in [1.54, 1.807) is 14.2 Å². The summed E-state index contributed by atoms with van der Waals surface area (Å²) in [6, 6.07) is 3.71. The molecule has 2 N–H and O–H groups in total. The summed E-state index contributed by atoms with van der Waals surface area (Å²) in [7, 11) is 3.23. The molecule has 0 radical (unpaired) electrons. The van der Waals surface area contributed by atoms with E-state index in [1.165, 1.54) is 38.9 Å². The highest BCUT2D eigenvalue weighted by Gasteiger charge is 2.27. The van der Waals surface area contributed by atoms with Crippen molar-refractivity contribution in [1.82, 2.24) is 14.9 Å². The van der Waals surface area contributed by atoms with E-state index in [0.717, 1.165) is 24.0 Å². The molecule has 2 aromatic rings. The second-order valence-electron chi connectivity index (χ2n) is 7.24. The van der Waals surface area contributed by atoms with Gasteiger partial charge >= 0.3 is 0 Å². The number of nitrogen functional groups attached to an aromatic ring is 1. The molecule has 1 unspecified atom stereocenters. The van der Waals surface area contributed by atoms with Gasteiger partial charge in [0, 0.05) is 31.1 Å². The van der Waals surface area contributed by atoms with Crippen molar-refractivity contribution in [3.8, 4) is 11.5 Å². The highest BCUT2D eigenvalue weighted by molar-refractivity contribution is 5.91. The molecule has 1 aromatic heterocycles. The molecule has 2 fully saturated rings. The third-order valence-corrected chi connectivity index (χ3v) is 5.50. The monoisotopic (exact) mass is 357 g/mol. The summed E-state index contributed by atoms with van der Waals surface area (Å²) in [5, 5.41) is 0.791. The largest absolute Gasteiger partial charge is 0.493 e. The number of benzene rings is 1. The summed E-state index contributed by atoms with van der Waals surface area (Å²) in [5.41, 5.74) is 7.01. The predicted octanol–water partition coefficient (Wildman–Crippen LogP) is 2.15. The molecular weight excluding hydrogens is 330 g/mol. The molecule has 0 bridgehead atoms. The number of hydrogen-bond donors (Lipinski definition) is 1. The number of nitrogens with zero attached hydrogens (tertiary/aromatic N) is 4. The van der Waals surface area contributed by atoms with Crippen molar-refractivity contribution in [2.24, 2.45) is 5.92 Å². The molecule has 0 amide bonds. The van der Waals surface area contributed by atoms with Crippen molar-refractivity contribution >= 4 is 22.7 Å². The van der Waals surface area contributed by atoms with Crippen LogP contribution in [0.4, 0.5) is 11.8 Å². The molecule has 4 rings (SSSR count). The molecule has 26 heavy (non-hydrogen) atoms. The number of methoxy groups -OCH3 is 2. The lowest BCUT2D eigenvalue weighted by molar-refractivity contribution is 0.289. The number of rotatable bonds is 5. The lowest BCUT2D eigenvalue weighted by Gasteiger charge is -2.21. The van der Waals surface area contributed by atoms with Crippen LogP contribution in [-0.4, -0.2) is 61.8 Å². The van der Waals surface area contributed by atoms with Gasteiger partial charge in [-0.1, -0.05) is 0 Å². The molecule has 7 nitrogen and oxygen atoms in total. The SMILES string of the molecule is COc1cc2nc(N3CCC(CN4CCCC4)C3)nc(N)c2cc1OC. The van der Waals surface area contributed by atoms with Gasteiger partial charge in [0.05, 0.1) is 19.7 Å². The van der Waals surface area contributed by atoms with Gasteiger partial charge < -0.3 is 25.0 Å². The Morgan fingerprint density at radius 3 is 2.54 bits per heavy atom. The number of anilines is 2. The molecule has 0 saturated carbocycles. The normalized spacial score (nSPS) is 20.8. The van der Waals surface area contributed by atoms with E-state index in [4.69, 9.17) is 20.2 Å². The van der Waals surface area contributed by atoms with Gasteiger partial charge in [0.25, 0.3) is 0 Å². The first-order chi connectivity index (χ1) is 12.7. The van der Waals surface area contributed by atoms with E-state index in [1.807, 2.05) is 12.1 Å². The van der Waals surface area contributed by atoms with Gasteiger partial charge in [-0.3, -0.25) is 0 Å². The minimum atomic E-state index is 0.481. The standard InChI is InChI=1S/C19H27N5O2/c1-25-16-9-14-15(10-17(16)26-2)21-19(22-18(14)20)24-8-5-13(12-24)11-23-6-3-4-7-23/h9-10,13H,3-8,11-12H2,1-2H3,(H2,20,21,22). The average molecular weight is 357 g/mol. The average Bonchev–Trinajstić information content (AvgIpc) is 3.33. The summed E-state index contributed by atoms with van der Waals surface area (Å²) < 4.78 is 10.8. The van der Waals surface area contributed by atoms with Gasteiger partial charge in [-0.25, -0.2) is 4.98 Å². The molecule has 2 aliphatic rings. The fourth-order valence-electron chi connectivity index (χ4n) is 4.10. The zero-order valence-corrected chi connectivity index (χ0v) is 15.6. The quantitative estimate of drug-likeness (QED) is 0.878.